The van der Waals surface area contributed by atoms with E-state index in [1.54, 1.807) is 13.3 Å². The second-order valence-electron chi connectivity index (χ2n) is 8.88. The van der Waals surface area contributed by atoms with Gasteiger partial charge in [-0.15, -0.1) is 0 Å². The van der Waals surface area contributed by atoms with Crippen molar-refractivity contribution in [1.29, 1.82) is 0 Å². The third-order valence-corrected chi connectivity index (χ3v) is 7.10. The van der Waals surface area contributed by atoms with E-state index < -0.39 is 14.7 Å². The molecule has 14 nitrogen and oxygen atoms in total. The lowest BCUT2D eigenvalue weighted by Crippen LogP contribution is -2.59. The highest BCUT2D eigenvalue weighted by Gasteiger charge is 2.35. The Labute approximate surface area is 214 Å². The summed E-state index contributed by atoms with van der Waals surface area (Å²) in [6, 6.07) is 7.93. The Morgan fingerprint density at radius 1 is 1.27 bits per heavy atom. The van der Waals surface area contributed by atoms with Crippen LogP contribution in [0.25, 0.3) is 10.9 Å². The summed E-state index contributed by atoms with van der Waals surface area (Å²) in [5, 5.41) is 18.5. The van der Waals surface area contributed by atoms with Crippen LogP contribution < -0.4 is 31.6 Å². The van der Waals surface area contributed by atoms with E-state index >= 15 is 0 Å². The van der Waals surface area contributed by atoms with Crippen molar-refractivity contribution in [2.75, 3.05) is 36.4 Å². The van der Waals surface area contributed by atoms with Gasteiger partial charge >= 0.3 is 0 Å². The number of benzene rings is 1. The summed E-state index contributed by atoms with van der Waals surface area (Å²) in [6.45, 7) is 1.93. The first-order valence-corrected chi connectivity index (χ1v) is 14.4. The molecule has 0 spiro atoms. The zero-order valence-corrected chi connectivity index (χ0v) is 21.6. The number of anilines is 3. The van der Waals surface area contributed by atoms with Crippen molar-refractivity contribution in [2.45, 2.75) is 43.9 Å². The number of nitrogens with zero attached hydrogens (tertiary/aromatic N) is 5. The molecule has 1 fully saturated rings. The normalized spacial score (nSPS) is 20.1. The Bertz CT molecular complexity index is 1220. The van der Waals surface area contributed by atoms with Crippen LogP contribution in [0.3, 0.4) is 0 Å². The van der Waals surface area contributed by atoms with Gasteiger partial charge in [0.05, 0.1) is 24.4 Å². The lowest BCUT2D eigenvalue weighted by Gasteiger charge is -2.43. The maximum atomic E-state index is 11.4. The summed E-state index contributed by atoms with van der Waals surface area (Å²) in [6.07, 6.45) is 3.08. The fraction of sp³-hybridized carbons (Fsp3) is 0.455. The minimum atomic E-state index is -3.60. The molecule has 4 rings (SSSR count). The molecule has 0 amide bonds. The van der Waals surface area contributed by atoms with Gasteiger partial charge in [-0.1, -0.05) is 30.8 Å². The summed E-state index contributed by atoms with van der Waals surface area (Å²) in [5.74, 6) is 5.94. The standard InChI is InChI=1S/C22H31N9O5Si/c1-35-13-18-17(32)10-19(36-18)31-12-14(15-6-3-4-7-16(15)31)11-25-30-22-27-20(26-21(28-22)29-23)24-8-5-9-37(2,33)34/h3-4,6-7,11-12,17-19,32H,5,8-10,13,23H2,1-2H3,(H3,24,26,27,28,29,30)/q-2/t17-,18-,19-/m1/s1. The first-order chi connectivity index (χ1) is 17.8. The molecule has 3 aromatic rings. The molecule has 1 aromatic carbocycles. The molecule has 37 heavy (non-hydrogen) atoms. The number of nitrogens with one attached hydrogen (secondary N) is 3. The van der Waals surface area contributed by atoms with Gasteiger partial charge in [0.2, 0.25) is 17.8 Å². The molecule has 15 heteroatoms. The van der Waals surface area contributed by atoms with Gasteiger partial charge in [-0.2, -0.15) is 28.6 Å². The number of aliphatic hydroxyl groups is 1. The third kappa shape index (κ3) is 6.98. The number of rotatable bonds is 12. The second-order valence-corrected chi connectivity index (χ2v) is 11.6. The number of ether oxygens (including phenoxy) is 2. The molecule has 3 atom stereocenters. The molecule has 0 unspecified atom stereocenters. The van der Waals surface area contributed by atoms with Gasteiger partial charge in [-0.3, -0.25) is 5.43 Å². The van der Waals surface area contributed by atoms with Gasteiger partial charge in [0.15, 0.2) is 0 Å². The summed E-state index contributed by atoms with van der Waals surface area (Å²) in [5.41, 5.74) is 6.91. The number of nitrogen functional groups attached to an aromatic ring is 1. The van der Waals surface area contributed by atoms with Crippen LogP contribution in [0.15, 0.2) is 35.6 Å². The summed E-state index contributed by atoms with van der Waals surface area (Å²) >= 11 is 0. The van der Waals surface area contributed by atoms with E-state index in [9.17, 15) is 14.7 Å². The number of hydrazone groups is 1. The van der Waals surface area contributed by atoms with Crippen molar-refractivity contribution >= 4 is 43.5 Å². The molecule has 0 bridgehead atoms. The number of methoxy groups -OCH3 is 1. The Hall–Kier alpha value is -3.18. The van der Waals surface area contributed by atoms with Gasteiger partial charge < -0.3 is 34.1 Å². The van der Waals surface area contributed by atoms with Crippen molar-refractivity contribution < 1.29 is 24.2 Å². The predicted octanol–water partition coefficient (Wildman–Crippen LogP) is -0.553. The topological polar surface area (TPSA) is 203 Å². The Morgan fingerprint density at radius 2 is 2.03 bits per heavy atom. The van der Waals surface area contributed by atoms with Crippen LogP contribution >= 0.6 is 0 Å². The molecule has 3 heterocycles. The Kier molecular flexibility index (Phi) is 8.65. The van der Waals surface area contributed by atoms with E-state index in [2.05, 4.69) is 36.2 Å². The Morgan fingerprint density at radius 3 is 2.78 bits per heavy atom. The van der Waals surface area contributed by atoms with Crippen molar-refractivity contribution in [3.05, 3.63) is 36.0 Å². The largest absolute Gasteiger partial charge is 0.870 e. The number of hydrogen-bond donors (Lipinski definition) is 5. The van der Waals surface area contributed by atoms with E-state index in [4.69, 9.17) is 15.3 Å². The van der Waals surface area contributed by atoms with Crippen molar-refractivity contribution in [1.82, 2.24) is 19.5 Å². The van der Waals surface area contributed by atoms with Crippen molar-refractivity contribution in [2.24, 2.45) is 10.9 Å². The maximum Gasteiger partial charge on any atom is 0.250 e. The van der Waals surface area contributed by atoms with Crippen LogP contribution in [0, 0.1) is 0 Å². The van der Waals surface area contributed by atoms with Crippen LogP contribution in [-0.2, 0) is 9.47 Å². The van der Waals surface area contributed by atoms with Gasteiger partial charge in [-0.25, -0.2) is 11.3 Å². The summed E-state index contributed by atoms with van der Waals surface area (Å²) < 4.78 is 13.2. The SMILES string of the molecule is COC[C@H]1O[C@@H](n2cc(C=NNc3nc(NN)nc(NCCC[Si](C)([O-])[O-])n3)c3ccccc32)C[C@H]1O. The highest BCUT2D eigenvalue weighted by atomic mass is 28.4. The van der Waals surface area contributed by atoms with Gasteiger partial charge in [0.1, 0.15) is 12.3 Å². The minimum Gasteiger partial charge on any atom is -0.870 e. The monoisotopic (exact) mass is 529 g/mol. The summed E-state index contributed by atoms with van der Waals surface area (Å²) in [4.78, 5) is 35.2. The second kappa shape index (κ2) is 11.9. The predicted molar refractivity (Wildman–Crippen MR) is 137 cm³/mol. The molecule has 6 N–H and O–H groups in total. The zero-order chi connectivity index (χ0) is 26.4. The molecular weight excluding hydrogens is 498 g/mol. The number of nitrogens with two attached hydrogens (primary N) is 1. The fourth-order valence-electron chi connectivity index (χ4n) is 4.11. The first kappa shape index (κ1) is 26.9. The quantitative estimate of drug-likeness (QED) is 0.0659. The van der Waals surface area contributed by atoms with E-state index in [-0.39, 0.29) is 36.2 Å². The highest BCUT2D eigenvalue weighted by Crippen LogP contribution is 2.33. The van der Waals surface area contributed by atoms with E-state index in [0.29, 0.717) is 26.0 Å². The molecular formula is C22H31N9O5Si-2. The van der Waals surface area contributed by atoms with Gasteiger partial charge in [0.25, 0.3) is 0 Å². The third-order valence-electron chi connectivity index (χ3n) is 5.84. The highest BCUT2D eigenvalue weighted by molar-refractivity contribution is 6.59. The van der Waals surface area contributed by atoms with E-state index in [1.807, 2.05) is 35.0 Å². The number of hydrazine groups is 1. The van der Waals surface area contributed by atoms with Crippen LogP contribution in [0.1, 0.15) is 24.6 Å². The molecule has 2 aromatic heterocycles. The van der Waals surface area contributed by atoms with Crippen LogP contribution in [0.2, 0.25) is 12.6 Å². The number of aliphatic hydroxyl groups excluding tert-OH is 1. The number of para-hydroxylation sites is 1. The number of fused-ring (bicyclic) bond motifs is 1. The molecule has 0 saturated carbocycles. The van der Waals surface area contributed by atoms with Crippen LogP contribution in [-0.4, -0.2) is 71.9 Å². The molecule has 1 aliphatic rings. The van der Waals surface area contributed by atoms with E-state index in [0.717, 1.165) is 16.5 Å². The average Bonchev–Trinajstić information content (AvgIpc) is 3.42. The molecule has 0 aliphatic carbocycles. The molecule has 200 valence electrons. The molecule has 0 radical (unpaired) electrons. The van der Waals surface area contributed by atoms with Crippen LogP contribution in [0.4, 0.5) is 17.8 Å². The van der Waals surface area contributed by atoms with Crippen molar-refractivity contribution in [3.63, 3.8) is 0 Å². The van der Waals surface area contributed by atoms with Crippen LogP contribution in [0.5, 0.6) is 0 Å². The maximum absolute atomic E-state index is 11.4. The smallest absolute Gasteiger partial charge is 0.250 e. The molecule has 1 saturated heterocycles. The van der Waals surface area contributed by atoms with E-state index in [1.165, 1.54) is 6.55 Å². The molecule has 1 aliphatic heterocycles. The Balaban J connectivity index is 1.47. The van der Waals surface area contributed by atoms with Gasteiger partial charge in [0, 0.05) is 37.2 Å². The lowest BCUT2D eigenvalue weighted by atomic mass is 10.2. The minimum absolute atomic E-state index is 0.105. The van der Waals surface area contributed by atoms with Gasteiger partial charge in [-0.05, 0) is 12.5 Å². The van der Waals surface area contributed by atoms with Crippen molar-refractivity contribution in [3.8, 4) is 0 Å². The average molecular weight is 530 g/mol. The lowest BCUT2D eigenvalue weighted by molar-refractivity contribution is -0.368. The summed E-state index contributed by atoms with van der Waals surface area (Å²) in [7, 11) is -2.02. The fourth-order valence-corrected chi connectivity index (χ4v) is 4.93. The zero-order valence-electron chi connectivity index (χ0n) is 20.6. The first-order valence-electron chi connectivity index (χ1n) is 11.9. The number of hydrogen-bond acceptors (Lipinski definition) is 13. The number of aromatic nitrogens is 4.